The van der Waals surface area contributed by atoms with E-state index in [4.69, 9.17) is 0 Å². The van der Waals surface area contributed by atoms with E-state index in [9.17, 15) is 5.11 Å². The highest BCUT2D eigenvalue weighted by Crippen LogP contribution is 2.31. The Morgan fingerprint density at radius 2 is 2.00 bits per heavy atom. The Balaban J connectivity index is 2.84. The van der Waals surface area contributed by atoms with Crippen LogP contribution in [0.3, 0.4) is 0 Å². The molecule has 0 fully saturated rings. The zero-order valence-corrected chi connectivity index (χ0v) is 10.2. The highest BCUT2D eigenvalue weighted by atomic mass is 79.9. The second kappa shape index (κ2) is 3.58. The third-order valence-corrected chi connectivity index (χ3v) is 3.07. The minimum atomic E-state index is -0.868. The number of halogens is 1. The summed E-state index contributed by atoms with van der Waals surface area (Å²) in [4.78, 5) is 4.32. The molecule has 1 heterocycles. The van der Waals surface area contributed by atoms with Crippen LogP contribution in [0, 0.1) is 0 Å². The number of aromatic nitrogens is 1. The number of aliphatic hydroxyl groups is 1. The molecule has 3 heteroatoms. The lowest BCUT2D eigenvalue weighted by Crippen LogP contribution is -2.16. The third kappa shape index (κ3) is 1.90. The number of nitrogens with zero attached hydrogens (tertiary/aromatic N) is 1. The topological polar surface area (TPSA) is 33.1 Å². The van der Waals surface area contributed by atoms with Crippen molar-refractivity contribution in [2.24, 2.45) is 0 Å². The van der Waals surface area contributed by atoms with Gasteiger partial charge in [-0.05, 0) is 26.0 Å². The van der Waals surface area contributed by atoms with Crippen LogP contribution < -0.4 is 0 Å². The summed E-state index contributed by atoms with van der Waals surface area (Å²) in [5, 5.41) is 11.0. The first kappa shape index (κ1) is 10.6. The fraction of sp³-hybridized carbons (Fsp3) is 0.250. The number of pyridine rings is 1. The Morgan fingerprint density at radius 3 is 2.67 bits per heavy atom. The first-order valence-corrected chi connectivity index (χ1v) is 5.55. The maximum absolute atomic E-state index is 10.0. The van der Waals surface area contributed by atoms with Gasteiger partial charge in [0.1, 0.15) is 0 Å². The second-order valence-electron chi connectivity index (χ2n) is 4.05. The van der Waals surface area contributed by atoms with E-state index in [2.05, 4.69) is 20.9 Å². The smallest absolute Gasteiger partial charge is 0.0861 e. The summed E-state index contributed by atoms with van der Waals surface area (Å²) in [6.07, 6.45) is 1.74. The molecule has 2 nitrogen and oxygen atoms in total. The van der Waals surface area contributed by atoms with E-state index >= 15 is 0 Å². The van der Waals surface area contributed by atoms with Gasteiger partial charge in [0.2, 0.25) is 0 Å². The summed E-state index contributed by atoms with van der Waals surface area (Å²) in [5.74, 6) is 0. The highest BCUT2D eigenvalue weighted by molar-refractivity contribution is 9.10. The molecule has 0 atom stereocenters. The van der Waals surface area contributed by atoms with Crippen molar-refractivity contribution in [2.45, 2.75) is 19.4 Å². The van der Waals surface area contributed by atoms with Crippen molar-refractivity contribution in [1.82, 2.24) is 4.98 Å². The molecule has 1 N–H and O–H groups in total. The van der Waals surface area contributed by atoms with Gasteiger partial charge in [-0.2, -0.15) is 0 Å². The molecule has 0 aliphatic heterocycles. The highest BCUT2D eigenvalue weighted by Gasteiger charge is 2.20. The van der Waals surface area contributed by atoms with Gasteiger partial charge in [-0.3, -0.25) is 4.98 Å². The molecule has 1 aromatic heterocycles. The van der Waals surface area contributed by atoms with E-state index in [1.807, 2.05) is 24.3 Å². The van der Waals surface area contributed by atoms with Crippen molar-refractivity contribution in [2.75, 3.05) is 0 Å². The Morgan fingerprint density at radius 1 is 1.27 bits per heavy atom. The monoisotopic (exact) mass is 265 g/mol. The zero-order valence-electron chi connectivity index (χ0n) is 8.66. The number of hydrogen-bond donors (Lipinski definition) is 1. The first-order chi connectivity index (χ1) is 7.00. The van der Waals surface area contributed by atoms with Crippen molar-refractivity contribution in [3.05, 3.63) is 40.5 Å². The van der Waals surface area contributed by atoms with Gasteiger partial charge in [0.15, 0.2) is 0 Å². The number of rotatable bonds is 1. The van der Waals surface area contributed by atoms with Crippen molar-refractivity contribution in [3.63, 3.8) is 0 Å². The lowest BCUT2D eigenvalue weighted by atomic mass is 9.95. The van der Waals surface area contributed by atoms with Crippen molar-refractivity contribution in [1.29, 1.82) is 0 Å². The summed E-state index contributed by atoms with van der Waals surface area (Å²) in [7, 11) is 0. The van der Waals surface area contributed by atoms with Gasteiger partial charge in [-0.15, -0.1) is 0 Å². The maximum Gasteiger partial charge on any atom is 0.0861 e. The second-order valence-corrected chi connectivity index (χ2v) is 4.91. The summed E-state index contributed by atoms with van der Waals surface area (Å²) in [5.41, 5.74) is 0.827. The van der Waals surface area contributed by atoms with E-state index in [0.29, 0.717) is 0 Å². The first-order valence-electron chi connectivity index (χ1n) is 4.76. The molecule has 0 saturated heterocycles. The average Bonchev–Trinajstić information content (AvgIpc) is 2.17. The lowest BCUT2D eigenvalue weighted by molar-refractivity contribution is 0.0800. The molecule has 0 amide bonds. The van der Waals surface area contributed by atoms with Gasteiger partial charge in [0.05, 0.1) is 11.1 Å². The summed E-state index contributed by atoms with van der Waals surface area (Å²) in [6.45, 7) is 3.54. The van der Waals surface area contributed by atoms with Crippen molar-refractivity contribution < 1.29 is 5.11 Å². The van der Waals surface area contributed by atoms with Crippen molar-refractivity contribution in [3.8, 4) is 0 Å². The predicted molar refractivity (Wildman–Crippen MR) is 64.7 cm³/mol. The minimum absolute atomic E-state index is 0.847. The number of hydrogen-bond acceptors (Lipinski definition) is 2. The lowest BCUT2D eigenvalue weighted by Gasteiger charge is -2.19. The van der Waals surface area contributed by atoms with Crippen LogP contribution in [0.15, 0.2) is 34.9 Å². The van der Waals surface area contributed by atoms with Crippen LogP contribution in [-0.4, -0.2) is 10.1 Å². The van der Waals surface area contributed by atoms with Gasteiger partial charge >= 0.3 is 0 Å². The zero-order chi connectivity index (χ0) is 11.1. The summed E-state index contributed by atoms with van der Waals surface area (Å²) in [6, 6.07) is 7.72. The van der Waals surface area contributed by atoms with E-state index < -0.39 is 5.60 Å². The van der Waals surface area contributed by atoms with Gasteiger partial charge < -0.3 is 5.11 Å². The Bertz CT molecular complexity index is 502. The van der Waals surface area contributed by atoms with E-state index in [1.54, 1.807) is 20.0 Å². The standard InChI is InChI=1S/C12H12BrNO/c1-12(2,15)9-5-6-10(13)8-4-3-7-14-11(8)9/h3-7,15H,1-2H3. The molecule has 1 aromatic carbocycles. The van der Waals surface area contributed by atoms with E-state index in [1.165, 1.54) is 0 Å². The normalized spacial score (nSPS) is 12.0. The SMILES string of the molecule is CC(C)(O)c1ccc(Br)c2cccnc12. The molecule has 2 rings (SSSR count). The quantitative estimate of drug-likeness (QED) is 0.859. The van der Waals surface area contributed by atoms with Crippen LogP contribution in [0.1, 0.15) is 19.4 Å². The molecule has 2 aromatic rings. The van der Waals surface area contributed by atoms with Gasteiger partial charge in [0.25, 0.3) is 0 Å². The largest absolute Gasteiger partial charge is 0.386 e. The molecule has 0 spiro atoms. The molecule has 78 valence electrons. The van der Waals surface area contributed by atoms with Crippen molar-refractivity contribution >= 4 is 26.8 Å². The molecule has 0 bridgehead atoms. The fourth-order valence-corrected chi connectivity index (χ4v) is 2.08. The van der Waals surface area contributed by atoms with Crippen LogP contribution in [0.25, 0.3) is 10.9 Å². The van der Waals surface area contributed by atoms with Gasteiger partial charge in [0, 0.05) is 21.6 Å². The molecule has 0 saturated carbocycles. The molecule has 0 aliphatic carbocycles. The Kier molecular flexibility index (Phi) is 2.52. The molecule has 0 aliphatic rings. The Hall–Kier alpha value is -0.930. The number of fused-ring (bicyclic) bond motifs is 1. The fourth-order valence-electron chi connectivity index (χ4n) is 1.63. The van der Waals surface area contributed by atoms with Crippen LogP contribution in [0.2, 0.25) is 0 Å². The van der Waals surface area contributed by atoms with Crippen LogP contribution in [0.5, 0.6) is 0 Å². The Labute approximate surface area is 97.1 Å². The predicted octanol–water partition coefficient (Wildman–Crippen LogP) is 3.22. The van der Waals surface area contributed by atoms with Crippen LogP contribution in [-0.2, 0) is 5.60 Å². The van der Waals surface area contributed by atoms with E-state index in [-0.39, 0.29) is 0 Å². The minimum Gasteiger partial charge on any atom is -0.386 e. The molecular formula is C12H12BrNO. The molecule has 0 radical (unpaired) electrons. The van der Waals surface area contributed by atoms with Gasteiger partial charge in [-0.1, -0.05) is 28.1 Å². The summed E-state index contributed by atoms with van der Waals surface area (Å²) < 4.78 is 0.999. The molecule has 15 heavy (non-hydrogen) atoms. The summed E-state index contributed by atoms with van der Waals surface area (Å²) >= 11 is 3.48. The molecular weight excluding hydrogens is 254 g/mol. The third-order valence-electron chi connectivity index (χ3n) is 2.38. The van der Waals surface area contributed by atoms with E-state index in [0.717, 1.165) is 20.9 Å². The molecule has 0 unspecified atom stereocenters. The average molecular weight is 266 g/mol. The maximum atomic E-state index is 10.0. The van der Waals surface area contributed by atoms with Crippen LogP contribution >= 0.6 is 15.9 Å². The number of benzene rings is 1. The van der Waals surface area contributed by atoms with Crippen LogP contribution in [0.4, 0.5) is 0 Å². The van der Waals surface area contributed by atoms with Gasteiger partial charge in [-0.25, -0.2) is 0 Å².